The van der Waals surface area contributed by atoms with Crippen LogP contribution in [-0.2, 0) is 23.8 Å². The molecule has 0 radical (unpaired) electrons. The number of esters is 2. The first kappa shape index (κ1) is 69.3. The van der Waals surface area contributed by atoms with E-state index in [1.54, 1.807) is 0 Å². The number of ether oxygens (including phenoxy) is 3. The van der Waals surface area contributed by atoms with Crippen molar-refractivity contribution in [2.75, 3.05) is 19.8 Å². The Bertz CT molecular complexity index is 1670. The van der Waals surface area contributed by atoms with Gasteiger partial charge in [-0.05, 0) is 148 Å². The summed E-state index contributed by atoms with van der Waals surface area (Å²) < 4.78 is 17.4. The molecule has 0 aliphatic carbocycles. The maximum Gasteiger partial charge on any atom is 0.306 e. The molecule has 0 aromatic heterocycles. The van der Waals surface area contributed by atoms with Crippen LogP contribution < -0.4 is 0 Å². The van der Waals surface area contributed by atoms with Gasteiger partial charge in [0.05, 0.1) is 6.61 Å². The lowest BCUT2D eigenvalue weighted by molar-refractivity contribution is -0.163. The predicted molar refractivity (Wildman–Crippen MR) is 324 cm³/mol. The Morgan fingerprint density at radius 2 is 0.568 bits per heavy atom. The molecule has 0 saturated heterocycles. The van der Waals surface area contributed by atoms with Gasteiger partial charge in [-0.2, -0.15) is 0 Å². The zero-order valence-electron chi connectivity index (χ0n) is 47.5. The first-order chi connectivity index (χ1) is 36.6. The number of hydrogen-bond acceptors (Lipinski definition) is 5. The average molecular weight is 1020 g/mol. The lowest BCUT2D eigenvalue weighted by atomic mass is 10.1. The smallest absolute Gasteiger partial charge is 0.306 e. The minimum absolute atomic E-state index is 0.0373. The quantitative estimate of drug-likeness (QED) is 0.0345. The second-order valence-electron chi connectivity index (χ2n) is 18.7. The van der Waals surface area contributed by atoms with Crippen LogP contribution in [0.15, 0.2) is 170 Å². The van der Waals surface area contributed by atoms with Crippen molar-refractivity contribution in [3.8, 4) is 0 Å². The zero-order valence-corrected chi connectivity index (χ0v) is 47.5. The lowest BCUT2D eigenvalue weighted by Crippen LogP contribution is -2.30. The van der Waals surface area contributed by atoms with Gasteiger partial charge in [-0.1, -0.05) is 236 Å². The number of carbonyl (C=O) groups excluding carboxylic acids is 2. The summed E-state index contributed by atoms with van der Waals surface area (Å²) in [7, 11) is 0. The molecule has 0 aromatic rings. The highest BCUT2D eigenvalue weighted by Crippen LogP contribution is 2.12. The minimum Gasteiger partial charge on any atom is -0.462 e. The lowest BCUT2D eigenvalue weighted by Gasteiger charge is -2.18. The maximum absolute atomic E-state index is 12.9. The molecular weight excluding hydrogens is 909 g/mol. The van der Waals surface area contributed by atoms with E-state index in [0.29, 0.717) is 19.4 Å². The second kappa shape index (κ2) is 62.6. The fourth-order valence-electron chi connectivity index (χ4n) is 7.44. The maximum atomic E-state index is 12.9. The van der Waals surface area contributed by atoms with Crippen molar-refractivity contribution in [1.29, 1.82) is 0 Å². The van der Waals surface area contributed by atoms with Crippen LogP contribution in [0.25, 0.3) is 0 Å². The molecule has 74 heavy (non-hydrogen) atoms. The Balaban J connectivity index is 4.48. The van der Waals surface area contributed by atoms with Gasteiger partial charge in [0.2, 0.25) is 0 Å². The van der Waals surface area contributed by atoms with Crippen molar-refractivity contribution >= 4 is 11.9 Å². The SMILES string of the molecule is CC/C=C\C/C=C\C/C=C\C/C=C\C/C=C\CCCCCC(=O)OCC(COCCCCCCCCC/C=C\C/C=C\C/C=C\C/C=C\CC)OC(=O)CCCCC/C=C\C/C=C\C/C=C\C/C=C\C/C=C\CC. The van der Waals surface area contributed by atoms with E-state index in [2.05, 4.69) is 191 Å². The number of unbranched alkanes of at least 4 members (excludes halogenated alkanes) is 13. The second-order valence-corrected chi connectivity index (χ2v) is 18.7. The Kier molecular flexibility index (Phi) is 58.5. The Morgan fingerprint density at radius 3 is 0.905 bits per heavy atom. The molecule has 1 unspecified atom stereocenters. The summed E-state index contributed by atoms with van der Waals surface area (Å²) in [4.78, 5) is 25.6. The van der Waals surface area contributed by atoms with Gasteiger partial charge in [-0.15, -0.1) is 0 Å². The van der Waals surface area contributed by atoms with E-state index in [1.807, 2.05) is 0 Å². The van der Waals surface area contributed by atoms with Crippen LogP contribution in [0, 0.1) is 0 Å². The molecule has 0 aliphatic rings. The summed E-state index contributed by atoms with van der Waals surface area (Å²) in [6.45, 7) is 7.37. The van der Waals surface area contributed by atoms with E-state index in [9.17, 15) is 9.59 Å². The molecule has 5 heteroatoms. The predicted octanol–water partition coefficient (Wildman–Crippen LogP) is 20.8. The monoisotopic (exact) mass is 1020 g/mol. The van der Waals surface area contributed by atoms with Gasteiger partial charge >= 0.3 is 11.9 Å². The Morgan fingerprint density at radius 1 is 0.297 bits per heavy atom. The number of hydrogen-bond donors (Lipinski definition) is 0. The van der Waals surface area contributed by atoms with Crippen LogP contribution >= 0.6 is 0 Å². The number of carbonyl (C=O) groups is 2. The van der Waals surface area contributed by atoms with E-state index >= 15 is 0 Å². The molecule has 0 bridgehead atoms. The molecule has 0 spiro atoms. The largest absolute Gasteiger partial charge is 0.462 e. The van der Waals surface area contributed by atoms with E-state index in [0.717, 1.165) is 161 Å². The molecule has 0 aliphatic heterocycles. The van der Waals surface area contributed by atoms with E-state index in [4.69, 9.17) is 14.2 Å². The zero-order chi connectivity index (χ0) is 53.4. The molecule has 0 N–H and O–H groups in total. The van der Waals surface area contributed by atoms with Gasteiger partial charge in [-0.3, -0.25) is 9.59 Å². The summed E-state index contributed by atoms with van der Waals surface area (Å²) in [6, 6.07) is 0. The fourth-order valence-corrected chi connectivity index (χ4v) is 7.44. The normalized spacial score (nSPS) is 13.5. The van der Waals surface area contributed by atoms with Crippen molar-refractivity contribution in [2.24, 2.45) is 0 Å². The summed E-state index contributed by atoms with van der Waals surface area (Å²) >= 11 is 0. The third kappa shape index (κ3) is 59.8. The van der Waals surface area contributed by atoms with Crippen LogP contribution in [0.5, 0.6) is 0 Å². The highest BCUT2D eigenvalue weighted by Gasteiger charge is 2.17. The molecule has 0 amide bonds. The van der Waals surface area contributed by atoms with Crippen LogP contribution in [0.4, 0.5) is 0 Å². The Hall–Kier alpha value is -4.74. The average Bonchev–Trinajstić information content (AvgIpc) is 3.40. The molecule has 0 fully saturated rings. The van der Waals surface area contributed by atoms with Crippen molar-refractivity contribution in [3.63, 3.8) is 0 Å². The first-order valence-electron chi connectivity index (χ1n) is 29.7. The third-order valence-electron chi connectivity index (χ3n) is 11.7. The summed E-state index contributed by atoms with van der Waals surface area (Å²) in [6.07, 6.45) is 93.8. The number of rotatable bonds is 52. The molecular formula is C69H108O5. The molecule has 0 aromatic carbocycles. The van der Waals surface area contributed by atoms with Crippen molar-refractivity contribution in [2.45, 2.75) is 232 Å². The highest BCUT2D eigenvalue weighted by atomic mass is 16.6. The van der Waals surface area contributed by atoms with E-state index in [1.165, 1.54) is 32.1 Å². The van der Waals surface area contributed by atoms with Gasteiger partial charge in [0.25, 0.3) is 0 Å². The molecule has 414 valence electrons. The van der Waals surface area contributed by atoms with E-state index in [-0.39, 0.29) is 25.2 Å². The van der Waals surface area contributed by atoms with Gasteiger partial charge in [-0.25, -0.2) is 0 Å². The van der Waals surface area contributed by atoms with Crippen molar-refractivity contribution in [1.82, 2.24) is 0 Å². The minimum atomic E-state index is -0.590. The summed E-state index contributed by atoms with van der Waals surface area (Å²) in [5.74, 6) is -0.490. The van der Waals surface area contributed by atoms with Gasteiger partial charge in [0.1, 0.15) is 6.61 Å². The van der Waals surface area contributed by atoms with Gasteiger partial charge in [0, 0.05) is 19.4 Å². The van der Waals surface area contributed by atoms with Crippen molar-refractivity contribution < 1.29 is 23.8 Å². The first-order valence-corrected chi connectivity index (χ1v) is 29.7. The molecule has 0 saturated carbocycles. The Labute approximate surface area is 456 Å². The van der Waals surface area contributed by atoms with Crippen LogP contribution in [-0.4, -0.2) is 37.9 Å². The third-order valence-corrected chi connectivity index (χ3v) is 11.7. The van der Waals surface area contributed by atoms with E-state index < -0.39 is 6.10 Å². The fraction of sp³-hybridized carbons (Fsp3) is 0.565. The molecule has 0 rings (SSSR count). The van der Waals surface area contributed by atoms with Crippen LogP contribution in [0.3, 0.4) is 0 Å². The molecule has 5 nitrogen and oxygen atoms in total. The molecule has 1 atom stereocenters. The topological polar surface area (TPSA) is 61.8 Å². The van der Waals surface area contributed by atoms with Gasteiger partial charge < -0.3 is 14.2 Å². The number of allylic oxidation sites excluding steroid dienone is 28. The van der Waals surface area contributed by atoms with Crippen LogP contribution in [0.1, 0.15) is 226 Å². The summed E-state index contributed by atoms with van der Waals surface area (Å²) in [5.41, 5.74) is 0. The van der Waals surface area contributed by atoms with Crippen molar-refractivity contribution in [3.05, 3.63) is 170 Å². The van der Waals surface area contributed by atoms with Gasteiger partial charge in [0.15, 0.2) is 6.10 Å². The highest BCUT2D eigenvalue weighted by molar-refractivity contribution is 5.70. The van der Waals surface area contributed by atoms with Crippen LogP contribution in [0.2, 0.25) is 0 Å². The standard InChI is InChI=1S/C69H108O5/c1-4-7-10-13-16-19-22-25-28-31-34-37-40-43-46-49-52-55-58-61-64-72-65-67(74-69(71)63-60-57-54-51-48-45-42-39-36-33-30-27-24-21-18-15-12-9-6-3)66-73-68(70)62-59-56-53-50-47-44-41-38-35-32-29-26-23-20-17-14-11-8-5-2/h7-12,16-21,25-30,34-39,44-45,47-48,67H,4-6,13-15,22-24,31-33,40-43,46,49-66H2,1-3H3/b10-7-,11-8-,12-9-,19-16-,20-17-,21-18-,28-25-,29-26-,30-27-,37-34-,38-35-,39-36-,47-44-,48-45-. The molecule has 0 heterocycles. The summed E-state index contributed by atoms with van der Waals surface area (Å²) in [5, 5.41) is 0.